The van der Waals surface area contributed by atoms with E-state index in [0.29, 0.717) is 23.4 Å². The summed E-state index contributed by atoms with van der Waals surface area (Å²) >= 11 is -3.25. The van der Waals surface area contributed by atoms with Gasteiger partial charge in [-0.2, -0.15) is 0 Å². The number of hydrogen-bond donors (Lipinski definition) is 3. The quantitative estimate of drug-likeness (QED) is 0.0996. The average molecular weight is 613 g/mol. The van der Waals surface area contributed by atoms with Crippen molar-refractivity contribution in [3.8, 4) is 17.0 Å². The summed E-state index contributed by atoms with van der Waals surface area (Å²) in [6.07, 6.45) is 4.11. The second kappa shape index (κ2) is 11.3. The molecule has 1 aromatic heterocycles. The molecule has 2 aromatic carbocycles. The summed E-state index contributed by atoms with van der Waals surface area (Å²) < 4.78 is 16.2. The Hall–Kier alpha value is -3.40. The molecule has 0 bridgehead atoms. The van der Waals surface area contributed by atoms with Gasteiger partial charge in [-0.15, -0.1) is 0 Å². The fourth-order valence-electron chi connectivity index (χ4n) is 4.90. The van der Waals surface area contributed by atoms with Gasteiger partial charge in [-0.3, -0.25) is 0 Å². The molecule has 4 N–H and O–H groups in total. The third-order valence-corrected chi connectivity index (χ3v) is 16.7. The second-order valence-corrected chi connectivity index (χ2v) is 17.8. The van der Waals surface area contributed by atoms with Crippen LogP contribution < -0.4 is 10.5 Å². The molecular formula is C29H33IN4O3. The summed E-state index contributed by atoms with van der Waals surface area (Å²) in [5.41, 5.74) is 9.92. The fraction of sp³-hybridized carbons (Fsp3) is 0.276. The van der Waals surface area contributed by atoms with Crippen molar-refractivity contribution in [2.75, 3.05) is 18.6 Å². The molecule has 194 valence electrons. The molecule has 7 nitrogen and oxygen atoms in total. The van der Waals surface area contributed by atoms with E-state index < -0.39 is 18.0 Å². The molecule has 0 aliphatic carbocycles. The van der Waals surface area contributed by atoms with Gasteiger partial charge in [-0.05, 0) is 0 Å². The SMILES string of the molecule is C=I1(C(=O)c2ccc(-c3ccc(OC)nc3)cc2)CCCC1C(Cc1cccc(C(=N)N)c1)C(=N)OC. The molecular weight excluding hydrogens is 579 g/mol. The van der Waals surface area contributed by atoms with Crippen molar-refractivity contribution in [2.45, 2.75) is 23.2 Å². The van der Waals surface area contributed by atoms with Crippen LogP contribution in [0.3, 0.4) is 0 Å². The van der Waals surface area contributed by atoms with Crippen LogP contribution >= 0.6 is 18.0 Å². The Morgan fingerprint density at radius 3 is 2.46 bits per heavy atom. The van der Waals surface area contributed by atoms with Crippen molar-refractivity contribution in [3.63, 3.8) is 0 Å². The van der Waals surface area contributed by atoms with E-state index in [1.165, 1.54) is 7.11 Å². The van der Waals surface area contributed by atoms with Crippen LogP contribution in [0, 0.1) is 16.7 Å². The van der Waals surface area contributed by atoms with Gasteiger partial charge in [0.1, 0.15) is 0 Å². The van der Waals surface area contributed by atoms with Crippen LogP contribution in [0.25, 0.3) is 11.1 Å². The monoisotopic (exact) mass is 612 g/mol. The fourth-order valence-corrected chi connectivity index (χ4v) is 14.2. The number of halogens is 1. The summed E-state index contributed by atoms with van der Waals surface area (Å²) in [7, 11) is 3.10. The second-order valence-electron chi connectivity index (χ2n) is 9.15. The molecule has 2 heterocycles. The van der Waals surface area contributed by atoms with Crippen molar-refractivity contribution in [3.05, 3.63) is 83.6 Å². The third-order valence-electron chi connectivity index (χ3n) is 6.91. The van der Waals surface area contributed by atoms with Crippen LogP contribution in [0.15, 0.2) is 66.9 Å². The van der Waals surface area contributed by atoms with E-state index in [-0.39, 0.29) is 25.4 Å². The summed E-state index contributed by atoms with van der Waals surface area (Å²) in [6, 6.07) is 19.0. The number of amidine groups is 1. The van der Waals surface area contributed by atoms with Crippen LogP contribution in [0.2, 0.25) is 0 Å². The standard InChI is InChI=1S/C29H33IN4O3/c1-30(27(35)21-11-9-20(10-12-21)23-13-14-26(36-2)34-18-23)15-5-8-25(30)24(29(33)37-3)17-19-6-4-7-22(16-19)28(31)32/h4,6-7,9-14,16,18,24-25,33H,1,5,8,15,17H2,2-3H3,(H3,31,32). The molecule has 4 rings (SSSR count). The van der Waals surface area contributed by atoms with E-state index >= 15 is 0 Å². The number of carbonyl (C=O) groups excluding carboxylic acids is 1. The zero-order chi connectivity index (χ0) is 26.6. The van der Waals surface area contributed by atoms with Crippen molar-refractivity contribution >= 4 is 38.0 Å². The molecule has 3 unspecified atom stereocenters. The van der Waals surface area contributed by atoms with Gasteiger partial charge in [0.05, 0.1) is 0 Å². The Morgan fingerprint density at radius 1 is 1.11 bits per heavy atom. The van der Waals surface area contributed by atoms with Crippen molar-refractivity contribution in [1.29, 1.82) is 10.8 Å². The normalized spacial score (nSPS) is 21.4. The molecule has 37 heavy (non-hydrogen) atoms. The summed E-state index contributed by atoms with van der Waals surface area (Å²) in [4.78, 5) is 18.2. The van der Waals surface area contributed by atoms with E-state index in [9.17, 15) is 4.79 Å². The number of aromatic nitrogens is 1. The Bertz CT molecular complexity index is 1350. The average Bonchev–Trinajstić information content (AvgIpc) is 3.33. The Labute approximate surface area is 221 Å². The number of carbonyl (C=O) groups is 1. The third kappa shape index (κ3) is 5.64. The predicted molar refractivity (Wildman–Crippen MR) is 159 cm³/mol. The first-order valence-corrected chi connectivity index (χ1v) is 17.4. The number of nitrogens with zero attached hydrogens (tertiary/aromatic N) is 1. The predicted octanol–water partition coefficient (Wildman–Crippen LogP) is 5.30. The number of hydrogen-bond acceptors (Lipinski definition) is 6. The Kier molecular flexibility index (Phi) is 8.16. The number of ether oxygens (including phenoxy) is 2. The van der Waals surface area contributed by atoms with E-state index in [4.69, 9.17) is 26.0 Å². The zero-order valence-electron chi connectivity index (χ0n) is 21.2. The molecule has 1 aliphatic rings. The van der Waals surface area contributed by atoms with Crippen LogP contribution in [0.5, 0.6) is 5.88 Å². The number of benzene rings is 2. The topological polar surface area (TPSA) is 122 Å². The molecule has 0 amide bonds. The number of nitrogens with two attached hydrogens (primary N) is 1. The van der Waals surface area contributed by atoms with E-state index in [0.717, 1.165) is 34.0 Å². The van der Waals surface area contributed by atoms with E-state index in [1.54, 1.807) is 19.4 Å². The van der Waals surface area contributed by atoms with Crippen LogP contribution in [-0.2, 0) is 11.2 Å². The molecule has 3 aromatic rings. The van der Waals surface area contributed by atoms with Gasteiger partial charge in [-0.1, -0.05) is 0 Å². The van der Waals surface area contributed by atoms with E-state index in [1.807, 2.05) is 54.6 Å². The summed E-state index contributed by atoms with van der Waals surface area (Å²) in [6.45, 7) is 0. The minimum absolute atomic E-state index is 0.00813. The maximum atomic E-state index is 14.0. The number of methoxy groups -OCH3 is 2. The Balaban J connectivity index is 1.60. The van der Waals surface area contributed by atoms with Crippen molar-refractivity contribution in [2.24, 2.45) is 11.7 Å². The molecule has 3 atom stereocenters. The van der Waals surface area contributed by atoms with Gasteiger partial charge < -0.3 is 0 Å². The number of rotatable bonds is 9. The molecule has 1 saturated heterocycles. The number of pyridine rings is 1. The molecule has 0 radical (unpaired) electrons. The van der Waals surface area contributed by atoms with Crippen molar-refractivity contribution < 1.29 is 14.3 Å². The first kappa shape index (κ1) is 26.7. The van der Waals surface area contributed by atoms with Gasteiger partial charge in [0.25, 0.3) is 0 Å². The first-order chi connectivity index (χ1) is 17.8. The minimum atomic E-state index is -3.25. The van der Waals surface area contributed by atoms with Gasteiger partial charge in [0, 0.05) is 0 Å². The van der Waals surface area contributed by atoms with Crippen LogP contribution in [0.1, 0.15) is 34.3 Å². The van der Waals surface area contributed by atoms with Gasteiger partial charge in [0.2, 0.25) is 0 Å². The zero-order valence-corrected chi connectivity index (χ0v) is 23.3. The van der Waals surface area contributed by atoms with Gasteiger partial charge >= 0.3 is 222 Å². The summed E-state index contributed by atoms with van der Waals surface area (Å²) in [5.74, 6) is 0.511. The van der Waals surface area contributed by atoms with Gasteiger partial charge in [0.15, 0.2) is 0 Å². The number of nitrogen functional groups attached to an aromatic ring is 1. The first-order valence-electron chi connectivity index (χ1n) is 12.0. The molecule has 0 spiro atoms. The summed E-state index contributed by atoms with van der Waals surface area (Å²) in [5, 5.41) is 16.4. The Morgan fingerprint density at radius 2 is 1.84 bits per heavy atom. The number of nitrogens with one attached hydrogen (secondary N) is 2. The van der Waals surface area contributed by atoms with E-state index in [2.05, 4.69) is 9.50 Å². The molecule has 0 saturated carbocycles. The maximum absolute atomic E-state index is 14.0. The van der Waals surface area contributed by atoms with Gasteiger partial charge in [-0.25, -0.2) is 0 Å². The van der Waals surface area contributed by atoms with Crippen LogP contribution in [0.4, 0.5) is 0 Å². The van der Waals surface area contributed by atoms with Crippen LogP contribution in [-0.4, -0.2) is 47.6 Å². The number of alkyl halides is 2. The van der Waals surface area contributed by atoms with Crippen molar-refractivity contribution in [1.82, 2.24) is 4.98 Å². The molecule has 1 aliphatic heterocycles. The molecule has 1 fully saturated rings. The molecule has 8 heteroatoms.